The van der Waals surface area contributed by atoms with Crippen molar-refractivity contribution in [2.45, 2.75) is 18.7 Å². The monoisotopic (exact) mass is 218 g/mol. The van der Waals surface area contributed by atoms with Gasteiger partial charge in [-0.15, -0.1) is 11.6 Å². The van der Waals surface area contributed by atoms with Gasteiger partial charge in [0.25, 0.3) is 0 Å². The van der Waals surface area contributed by atoms with Gasteiger partial charge < -0.3 is 0 Å². The second-order valence-corrected chi connectivity index (χ2v) is 3.42. The number of benzene rings is 1. The molecular weight excluding hydrogens is 210 g/mol. The maximum atomic E-state index is 12.7. The average Bonchev–Trinajstić information content (AvgIpc) is 2.14. The number of alkyl halides is 1. The lowest BCUT2D eigenvalue weighted by Gasteiger charge is -2.05. The predicted molar refractivity (Wildman–Crippen MR) is 50.6 cm³/mol. The van der Waals surface area contributed by atoms with Gasteiger partial charge in [0, 0.05) is 11.6 Å². The van der Waals surface area contributed by atoms with Gasteiger partial charge in [0.1, 0.15) is 11.6 Å². The Labute approximate surface area is 85.7 Å². The number of ketones is 1. The highest BCUT2D eigenvalue weighted by molar-refractivity contribution is 6.33. The summed E-state index contributed by atoms with van der Waals surface area (Å²) in [5.41, 5.74) is -0.0237. The molecule has 14 heavy (non-hydrogen) atoms. The Morgan fingerprint density at radius 2 is 1.86 bits per heavy atom. The van der Waals surface area contributed by atoms with Crippen LogP contribution in [0.3, 0.4) is 0 Å². The van der Waals surface area contributed by atoms with Crippen LogP contribution in [-0.4, -0.2) is 11.2 Å². The van der Waals surface area contributed by atoms with Crippen molar-refractivity contribution in [1.82, 2.24) is 0 Å². The van der Waals surface area contributed by atoms with Crippen molar-refractivity contribution < 1.29 is 13.6 Å². The molecule has 1 nitrogen and oxygen atoms in total. The topological polar surface area (TPSA) is 17.1 Å². The Balaban J connectivity index is 3.01. The Hall–Kier alpha value is -0.960. The fraction of sp³-hybridized carbons (Fsp3) is 0.300. The standard InChI is InChI=1S/C10H9ClF2O/c1-2-9(11)10(14)6-3-7(12)5-8(13)4-6/h3-5,9H,2H2,1H3. The predicted octanol–water partition coefficient (Wildman–Crippen LogP) is 3.16. The molecule has 4 heteroatoms. The molecule has 0 saturated heterocycles. The van der Waals surface area contributed by atoms with Crippen LogP contribution in [0.25, 0.3) is 0 Å². The Morgan fingerprint density at radius 3 is 2.29 bits per heavy atom. The minimum Gasteiger partial charge on any atom is -0.293 e. The van der Waals surface area contributed by atoms with Crippen LogP contribution >= 0.6 is 11.6 Å². The number of Topliss-reactive ketones (excluding diaryl/α,β-unsaturated/α-hetero) is 1. The summed E-state index contributed by atoms with van der Waals surface area (Å²) in [5, 5.41) is -0.726. The zero-order valence-electron chi connectivity index (χ0n) is 7.56. The lowest BCUT2D eigenvalue weighted by molar-refractivity contribution is 0.0985. The quantitative estimate of drug-likeness (QED) is 0.563. The van der Waals surface area contributed by atoms with Crippen molar-refractivity contribution in [3.63, 3.8) is 0 Å². The van der Waals surface area contributed by atoms with Gasteiger partial charge in [0.15, 0.2) is 5.78 Å². The lowest BCUT2D eigenvalue weighted by Crippen LogP contribution is -2.13. The SMILES string of the molecule is CCC(Cl)C(=O)c1cc(F)cc(F)c1. The van der Waals surface area contributed by atoms with Gasteiger partial charge in [0.05, 0.1) is 5.38 Å². The van der Waals surface area contributed by atoms with E-state index >= 15 is 0 Å². The zero-order chi connectivity index (χ0) is 10.7. The molecule has 76 valence electrons. The summed E-state index contributed by atoms with van der Waals surface area (Å²) in [6.45, 7) is 1.73. The third kappa shape index (κ3) is 2.51. The first-order valence-electron chi connectivity index (χ1n) is 4.19. The van der Waals surface area contributed by atoms with E-state index in [4.69, 9.17) is 11.6 Å². The van der Waals surface area contributed by atoms with E-state index in [1.807, 2.05) is 0 Å². The molecule has 0 fully saturated rings. The maximum Gasteiger partial charge on any atom is 0.180 e. The van der Waals surface area contributed by atoms with Crippen molar-refractivity contribution in [3.8, 4) is 0 Å². The summed E-state index contributed by atoms with van der Waals surface area (Å²) < 4.78 is 25.4. The summed E-state index contributed by atoms with van der Waals surface area (Å²) in [6, 6.07) is 2.68. The molecule has 1 aromatic rings. The van der Waals surface area contributed by atoms with Crippen LogP contribution in [0.5, 0.6) is 0 Å². The van der Waals surface area contributed by atoms with E-state index in [1.54, 1.807) is 6.92 Å². The summed E-state index contributed by atoms with van der Waals surface area (Å²) in [7, 11) is 0. The highest BCUT2D eigenvalue weighted by Crippen LogP contribution is 2.14. The van der Waals surface area contributed by atoms with Gasteiger partial charge in [-0.2, -0.15) is 0 Å². The minimum absolute atomic E-state index is 0.0237. The molecule has 0 N–H and O–H groups in total. The molecule has 0 heterocycles. The van der Waals surface area contributed by atoms with Crippen LogP contribution in [0.1, 0.15) is 23.7 Å². The zero-order valence-corrected chi connectivity index (χ0v) is 8.31. The normalized spacial score (nSPS) is 12.6. The summed E-state index contributed by atoms with van der Waals surface area (Å²) in [5.74, 6) is -1.99. The first-order chi connectivity index (χ1) is 6.54. The number of halogens is 3. The highest BCUT2D eigenvalue weighted by atomic mass is 35.5. The lowest BCUT2D eigenvalue weighted by atomic mass is 10.1. The van der Waals surface area contributed by atoms with Gasteiger partial charge in [-0.05, 0) is 18.6 Å². The van der Waals surface area contributed by atoms with Crippen molar-refractivity contribution in [2.24, 2.45) is 0 Å². The molecule has 0 bridgehead atoms. The smallest absolute Gasteiger partial charge is 0.180 e. The Morgan fingerprint density at radius 1 is 1.36 bits per heavy atom. The minimum atomic E-state index is -0.770. The van der Waals surface area contributed by atoms with Gasteiger partial charge in [-0.3, -0.25) is 4.79 Å². The molecule has 0 aromatic heterocycles. The molecule has 0 aliphatic carbocycles. The van der Waals surface area contributed by atoms with E-state index in [0.29, 0.717) is 12.5 Å². The van der Waals surface area contributed by atoms with E-state index in [-0.39, 0.29) is 5.56 Å². The molecular formula is C10H9ClF2O. The molecule has 1 unspecified atom stereocenters. The third-order valence-electron chi connectivity index (χ3n) is 1.79. The number of hydrogen-bond acceptors (Lipinski definition) is 1. The Bertz CT molecular complexity index is 332. The third-order valence-corrected chi connectivity index (χ3v) is 2.30. The first kappa shape index (κ1) is 11.1. The van der Waals surface area contributed by atoms with Crippen molar-refractivity contribution >= 4 is 17.4 Å². The number of carbonyl (C=O) groups is 1. The van der Waals surface area contributed by atoms with Crippen molar-refractivity contribution in [2.75, 3.05) is 0 Å². The Kier molecular flexibility index (Phi) is 3.58. The number of hydrogen-bond donors (Lipinski definition) is 0. The molecule has 0 saturated carbocycles. The van der Waals surface area contributed by atoms with Gasteiger partial charge in [0.2, 0.25) is 0 Å². The van der Waals surface area contributed by atoms with Crippen LogP contribution in [0.2, 0.25) is 0 Å². The molecule has 0 aliphatic heterocycles. The molecule has 0 amide bonds. The molecule has 0 radical (unpaired) electrons. The van der Waals surface area contributed by atoms with Crippen LogP contribution in [0, 0.1) is 11.6 Å². The average molecular weight is 219 g/mol. The van der Waals surface area contributed by atoms with Crippen LogP contribution in [0.15, 0.2) is 18.2 Å². The van der Waals surface area contributed by atoms with E-state index in [1.165, 1.54) is 0 Å². The molecule has 0 aliphatic rings. The first-order valence-corrected chi connectivity index (χ1v) is 4.62. The van der Waals surface area contributed by atoms with Gasteiger partial charge in [-0.1, -0.05) is 6.92 Å². The highest BCUT2D eigenvalue weighted by Gasteiger charge is 2.16. The summed E-state index contributed by atoms with van der Waals surface area (Å²) >= 11 is 5.66. The fourth-order valence-corrected chi connectivity index (χ4v) is 1.19. The second-order valence-electron chi connectivity index (χ2n) is 2.90. The summed E-state index contributed by atoms with van der Waals surface area (Å²) in [6.07, 6.45) is 0.429. The van der Waals surface area contributed by atoms with E-state index in [9.17, 15) is 13.6 Å². The summed E-state index contributed by atoms with van der Waals surface area (Å²) in [4.78, 5) is 11.4. The van der Waals surface area contributed by atoms with Crippen molar-refractivity contribution in [1.29, 1.82) is 0 Å². The van der Waals surface area contributed by atoms with Crippen LogP contribution < -0.4 is 0 Å². The molecule has 1 atom stereocenters. The largest absolute Gasteiger partial charge is 0.293 e. The number of carbonyl (C=O) groups excluding carboxylic acids is 1. The molecule has 0 spiro atoms. The molecule has 1 aromatic carbocycles. The van der Waals surface area contributed by atoms with E-state index in [2.05, 4.69) is 0 Å². The van der Waals surface area contributed by atoms with E-state index in [0.717, 1.165) is 12.1 Å². The van der Waals surface area contributed by atoms with Crippen LogP contribution in [0.4, 0.5) is 8.78 Å². The van der Waals surface area contributed by atoms with Gasteiger partial charge >= 0.3 is 0 Å². The number of rotatable bonds is 3. The maximum absolute atomic E-state index is 12.7. The van der Waals surface area contributed by atoms with Gasteiger partial charge in [-0.25, -0.2) is 8.78 Å². The van der Waals surface area contributed by atoms with E-state index < -0.39 is 22.8 Å². The fourth-order valence-electron chi connectivity index (χ4n) is 1.06. The molecule has 1 rings (SSSR count). The van der Waals surface area contributed by atoms with Crippen LogP contribution in [-0.2, 0) is 0 Å². The van der Waals surface area contributed by atoms with Crippen molar-refractivity contribution in [3.05, 3.63) is 35.4 Å². The second kappa shape index (κ2) is 4.51.